The average molecular weight is 411 g/mol. The monoisotopic (exact) mass is 411 g/mol. The van der Waals surface area contributed by atoms with Crippen LogP contribution in [-0.2, 0) is 14.8 Å². The van der Waals surface area contributed by atoms with E-state index < -0.39 is 22.1 Å². The van der Waals surface area contributed by atoms with Crippen LogP contribution in [0.4, 0.5) is 0 Å². The van der Waals surface area contributed by atoms with Gasteiger partial charge in [0.2, 0.25) is 10.0 Å². The molecule has 0 aliphatic rings. The molecule has 0 fully saturated rings. The molecule has 1 atom stereocenters. The van der Waals surface area contributed by atoms with Crippen molar-refractivity contribution in [2.24, 2.45) is 0 Å². The third-order valence-electron chi connectivity index (χ3n) is 4.04. The molecule has 8 nitrogen and oxygen atoms in total. The molecule has 9 heteroatoms. The summed E-state index contributed by atoms with van der Waals surface area (Å²) in [6.07, 6.45) is 4.20. The van der Waals surface area contributed by atoms with Gasteiger partial charge in [0.05, 0.1) is 27.9 Å². The van der Waals surface area contributed by atoms with E-state index in [2.05, 4.69) is 20.6 Å². The molecule has 0 radical (unpaired) electrons. The summed E-state index contributed by atoms with van der Waals surface area (Å²) in [5, 5.41) is 0.423. The highest BCUT2D eigenvalue weighted by Gasteiger charge is 2.19. The number of hydrogen-bond acceptors (Lipinski definition) is 6. The normalized spacial score (nSPS) is 12.3. The molecule has 2 aromatic carbocycles. The van der Waals surface area contributed by atoms with E-state index in [9.17, 15) is 18.0 Å². The third-order valence-corrected chi connectivity index (χ3v) is 5.44. The predicted octanol–water partition coefficient (Wildman–Crippen LogP) is 1.75. The number of carbonyl (C=O) groups is 1. The maximum atomic E-state index is 12.5. The van der Waals surface area contributed by atoms with Crippen molar-refractivity contribution >= 4 is 26.9 Å². The number of carbonyl (C=O) groups excluding carboxylic acids is 1. The van der Waals surface area contributed by atoms with Crippen molar-refractivity contribution in [3.8, 4) is 12.3 Å². The SMILES string of the molecule is C#CCNS(=O)(=O)c1cccc(C(=O)OC(C)c2nc3ccccc3c(=O)[nH]2)c1. The highest BCUT2D eigenvalue weighted by molar-refractivity contribution is 7.89. The molecule has 0 aliphatic heterocycles. The summed E-state index contributed by atoms with van der Waals surface area (Å²) in [6, 6.07) is 12.2. The number of H-pyrrole nitrogens is 1. The summed E-state index contributed by atoms with van der Waals surface area (Å²) in [6.45, 7) is 1.38. The first-order chi connectivity index (χ1) is 13.8. The van der Waals surface area contributed by atoms with E-state index in [1.165, 1.54) is 24.3 Å². The Morgan fingerprint density at radius 3 is 2.79 bits per heavy atom. The lowest BCUT2D eigenvalue weighted by Gasteiger charge is -2.13. The number of aromatic nitrogens is 2. The minimum absolute atomic E-state index is 0.0311. The molecule has 1 aromatic heterocycles. The van der Waals surface area contributed by atoms with Crippen LogP contribution in [0.3, 0.4) is 0 Å². The van der Waals surface area contributed by atoms with Gasteiger partial charge in [0, 0.05) is 0 Å². The maximum Gasteiger partial charge on any atom is 0.338 e. The van der Waals surface area contributed by atoms with Crippen molar-refractivity contribution in [1.29, 1.82) is 0 Å². The van der Waals surface area contributed by atoms with Crippen LogP contribution in [-0.4, -0.2) is 30.9 Å². The van der Waals surface area contributed by atoms with E-state index in [1.807, 2.05) is 0 Å². The Bertz CT molecular complexity index is 1280. The smallest absolute Gasteiger partial charge is 0.338 e. The zero-order chi connectivity index (χ0) is 21.0. The quantitative estimate of drug-likeness (QED) is 0.471. The molecule has 0 bridgehead atoms. The van der Waals surface area contributed by atoms with E-state index in [0.29, 0.717) is 10.9 Å². The number of benzene rings is 2. The largest absolute Gasteiger partial charge is 0.451 e. The van der Waals surface area contributed by atoms with Crippen LogP contribution in [0.1, 0.15) is 29.2 Å². The van der Waals surface area contributed by atoms with E-state index in [4.69, 9.17) is 11.2 Å². The molecule has 0 spiro atoms. The average Bonchev–Trinajstić information content (AvgIpc) is 2.72. The molecule has 3 rings (SSSR count). The lowest BCUT2D eigenvalue weighted by atomic mass is 10.2. The van der Waals surface area contributed by atoms with Crippen LogP contribution in [0.25, 0.3) is 10.9 Å². The molecule has 29 heavy (non-hydrogen) atoms. The van der Waals surface area contributed by atoms with Crippen LogP contribution in [0.15, 0.2) is 58.2 Å². The summed E-state index contributed by atoms with van der Waals surface area (Å²) in [5.74, 6) is 1.59. The molecular weight excluding hydrogens is 394 g/mol. The molecule has 148 valence electrons. The standard InChI is InChI=1S/C20H17N3O5S/c1-3-11-21-29(26,27)15-8-6-7-14(12-15)20(25)28-13(2)18-22-17-10-5-4-9-16(17)19(24)23-18/h1,4-10,12-13,21H,11H2,2H3,(H,22,23,24). The van der Waals surface area contributed by atoms with Gasteiger partial charge in [-0.2, -0.15) is 4.72 Å². The topological polar surface area (TPSA) is 118 Å². The summed E-state index contributed by atoms with van der Waals surface area (Å²) in [5.41, 5.74) is 0.159. The van der Waals surface area contributed by atoms with Crippen molar-refractivity contribution in [2.45, 2.75) is 17.9 Å². The van der Waals surface area contributed by atoms with Crippen LogP contribution in [0.5, 0.6) is 0 Å². The Balaban J connectivity index is 1.83. The Morgan fingerprint density at radius 1 is 1.28 bits per heavy atom. The minimum Gasteiger partial charge on any atom is -0.451 e. The molecule has 3 aromatic rings. The fraction of sp³-hybridized carbons (Fsp3) is 0.150. The molecule has 2 N–H and O–H groups in total. The first kappa shape index (κ1) is 20.3. The number of aromatic amines is 1. The zero-order valence-electron chi connectivity index (χ0n) is 15.4. The first-order valence-corrected chi connectivity index (χ1v) is 10.0. The number of nitrogens with zero attached hydrogens (tertiary/aromatic N) is 1. The first-order valence-electron chi connectivity index (χ1n) is 8.55. The van der Waals surface area contributed by atoms with Gasteiger partial charge >= 0.3 is 5.97 Å². The molecule has 0 saturated carbocycles. The number of terminal acetylenes is 1. The number of sulfonamides is 1. The second-order valence-electron chi connectivity index (χ2n) is 6.07. The second-order valence-corrected chi connectivity index (χ2v) is 7.84. The Morgan fingerprint density at radius 2 is 2.03 bits per heavy atom. The van der Waals surface area contributed by atoms with Gasteiger partial charge in [0.15, 0.2) is 11.9 Å². The highest BCUT2D eigenvalue weighted by Crippen LogP contribution is 2.18. The van der Waals surface area contributed by atoms with Gasteiger partial charge in [-0.1, -0.05) is 24.1 Å². The molecule has 1 heterocycles. The Hall–Kier alpha value is -3.48. The molecule has 1 unspecified atom stereocenters. The number of fused-ring (bicyclic) bond motifs is 1. The fourth-order valence-corrected chi connectivity index (χ4v) is 3.57. The van der Waals surface area contributed by atoms with Crippen LogP contribution < -0.4 is 10.3 Å². The predicted molar refractivity (Wildman–Crippen MR) is 107 cm³/mol. The Labute approximate surface area is 167 Å². The molecule has 0 aliphatic carbocycles. The van der Waals surface area contributed by atoms with Crippen LogP contribution >= 0.6 is 0 Å². The van der Waals surface area contributed by atoms with Gasteiger partial charge in [0.1, 0.15) is 0 Å². The van der Waals surface area contributed by atoms with Gasteiger partial charge < -0.3 is 9.72 Å². The van der Waals surface area contributed by atoms with E-state index in [-0.39, 0.29) is 28.4 Å². The van der Waals surface area contributed by atoms with Gasteiger partial charge in [-0.25, -0.2) is 18.2 Å². The van der Waals surface area contributed by atoms with Gasteiger partial charge in [-0.15, -0.1) is 6.42 Å². The van der Waals surface area contributed by atoms with Gasteiger partial charge in [-0.3, -0.25) is 4.79 Å². The number of rotatable bonds is 6. The summed E-state index contributed by atoms with van der Waals surface area (Å²) >= 11 is 0. The zero-order valence-corrected chi connectivity index (χ0v) is 16.2. The Kier molecular flexibility index (Phi) is 5.77. The van der Waals surface area contributed by atoms with Crippen molar-refractivity contribution in [3.63, 3.8) is 0 Å². The van der Waals surface area contributed by atoms with Crippen molar-refractivity contribution < 1.29 is 17.9 Å². The van der Waals surface area contributed by atoms with Crippen molar-refractivity contribution in [1.82, 2.24) is 14.7 Å². The van der Waals surface area contributed by atoms with E-state index in [0.717, 1.165) is 0 Å². The van der Waals surface area contributed by atoms with Gasteiger partial charge in [0.25, 0.3) is 5.56 Å². The van der Waals surface area contributed by atoms with Gasteiger partial charge in [-0.05, 0) is 37.3 Å². The lowest BCUT2D eigenvalue weighted by molar-refractivity contribution is 0.0319. The summed E-state index contributed by atoms with van der Waals surface area (Å²) in [7, 11) is -3.85. The number of hydrogen-bond donors (Lipinski definition) is 2. The van der Waals surface area contributed by atoms with E-state index in [1.54, 1.807) is 31.2 Å². The van der Waals surface area contributed by atoms with Crippen molar-refractivity contribution in [2.75, 3.05) is 6.54 Å². The van der Waals surface area contributed by atoms with Crippen molar-refractivity contribution in [3.05, 3.63) is 70.3 Å². The lowest BCUT2D eigenvalue weighted by Crippen LogP contribution is -2.24. The second kappa shape index (κ2) is 8.26. The summed E-state index contributed by atoms with van der Waals surface area (Å²) in [4.78, 5) is 31.5. The fourth-order valence-electron chi connectivity index (χ4n) is 2.59. The number of para-hydroxylation sites is 1. The molecule has 0 amide bonds. The summed E-state index contributed by atoms with van der Waals surface area (Å²) < 4.78 is 31.9. The van der Waals surface area contributed by atoms with E-state index >= 15 is 0 Å². The number of esters is 1. The van der Waals surface area contributed by atoms with Crippen LogP contribution in [0.2, 0.25) is 0 Å². The van der Waals surface area contributed by atoms with Crippen LogP contribution in [0, 0.1) is 12.3 Å². The maximum absolute atomic E-state index is 12.5. The molecule has 0 saturated heterocycles. The minimum atomic E-state index is -3.85. The molecular formula is C20H17N3O5S. The highest BCUT2D eigenvalue weighted by atomic mass is 32.2. The number of ether oxygens (including phenoxy) is 1. The third kappa shape index (κ3) is 4.51. The number of nitrogens with one attached hydrogen (secondary N) is 2.